The van der Waals surface area contributed by atoms with E-state index in [1.54, 1.807) is 18.2 Å². The molecule has 0 bridgehead atoms. The number of carbonyl (C=O) groups is 1. The summed E-state index contributed by atoms with van der Waals surface area (Å²) in [4.78, 5) is 14.9. The summed E-state index contributed by atoms with van der Waals surface area (Å²) in [5, 5.41) is 0. The van der Waals surface area contributed by atoms with Crippen LogP contribution in [-0.2, 0) is 9.47 Å². The van der Waals surface area contributed by atoms with Gasteiger partial charge in [0, 0.05) is 31.5 Å². The minimum Gasteiger partial charge on any atom is -0.490 e. The molecule has 2 aliphatic heterocycles. The van der Waals surface area contributed by atoms with E-state index >= 15 is 0 Å². The monoisotopic (exact) mass is 427 g/mol. The van der Waals surface area contributed by atoms with Crippen molar-refractivity contribution in [3.63, 3.8) is 0 Å². The molecule has 2 aromatic rings. The van der Waals surface area contributed by atoms with Crippen LogP contribution >= 0.6 is 0 Å². The van der Waals surface area contributed by atoms with Gasteiger partial charge in [0.05, 0.1) is 19.8 Å². The fourth-order valence-electron chi connectivity index (χ4n) is 3.88. The first-order valence-corrected chi connectivity index (χ1v) is 10.8. The third-order valence-corrected chi connectivity index (χ3v) is 5.47. The average molecular weight is 427 g/mol. The molecule has 2 fully saturated rings. The topological polar surface area (TPSA) is 66.5 Å². The first-order valence-electron chi connectivity index (χ1n) is 10.8. The molecule has 2 aromatic carbocycles. The molecule has 0 unspecified atom stereocenters. The fraction of sp³-hybridized carbons (Fsp3) is 0.458. The van der Waals surface area contributed by atoms with E-state index in [2.05, 4.69) is 0 Å². The van der Waals surface area contributed by atoms with Gasteiger partial charge in [0.1, 0.15) is 19.0 Å². The first-order chi connectivity index (χ1) is 15.2. The molecule has 1 spiro atoms. The Morgan fingerprint density at radius 2 is 1.65 bits per heavy atom. The van der Waals surface area contributed by atoms with Crippen molar-refractivity contribution in [3.8, 4) is 17.2 Å². The molecule has 4 rings (SSSR count). The Balaban J connectivity index is 1.34. The number of ether oxygens (including phenoxy) is 5. The number of likely N-dealkylation sites (tertiary alicyclic amines) is 1. The van der Waals surface area contributed by atoms with Crippen molar-refractivity contribution in [1.82, 2.24) is 4.90 Å². The van der Waals surface area contributed by atoms with Gasteiger partial charge in [-0.25, -0.2) is 0 Å². The number of hydrogen-bond acceptors (Lipinski definition) is 6. The van der Waals surface area contributed by atoms with Gasteiger partial charge in [0.15, 0.2) is 17.3 Å². The Morgan fingerprint density at radius 1 is 0.935 bits per heavy atom. The lowest BCUT2D eigenvalue weighted by atomic mass is 10.0. The number of benzene rings is 2. The molecule has 2 saturated heterocycles. The number of hydrogen-bond donors (Lipinski definition) is 0. The number of para-hydroxylation sites is 1. The predicted molar refractivity (Wildman–Crippen MR) is 115 cm³/mol. The van der Waals surface area contributed by atoms with Gasteiger partial charge in [-0.1, -0.05) is 18.2 Å². The largest absolute Gasteiger partial charge is 0.490 e. The molecule has 0 saturated carbocycles. The van der Waals surface area contributed by atoms with Crippen molar-refractivity contribution < 1.29 is 28.5 Å². The Morgan fingerprint density at radius 3 is 2.35 bits per heavy atom. The molecule has 7 nitrogen and oxygen atoms in total. The van der Waals surface area contributed by atoms with Crippen LogP contribution in [0.3, 0.4) is 0 Å². The Kier molecular flexibility index (Phi) is 6.94. The highest BCUT2D eigenvalue weighted by molar-refractivity contribution is 5.95. The summed E-state index contributed by atoms with van der Waals surface area (Å²) in [6.07, 6.45) is 1.39. The number of amides is 1. The zero-order chi connectivity index (χ0) is 21.5. The van der Waals surface area contributed by atoms with Gasteiger partial charge in [-0.3, -0.25) is 4.79 Å². The lowest BCUT2D eigenvalue weighted by molar-refractivity contribution is -0.181. The van der Waals surface area contributed by atoms with Crippen molar-refractivity contribution in [2.75, 3.05) is 46.1 Å². The van der Waals surface area contributed by atoms with E-state index in [9.17, 15) is 4.79 Å². The summed E-state index contributed by atoms with van der Waals surface area (Å²) in [5.74, 6) is 1.44. The van der Waals surface area contributed by atoms with E-state index in [1.165, 1.54) is 0 Å². The number of carbonyl (C=O) groups excluding carboxylic acids is 1. The zero-order valence-corrected chi connectivity index (χ0v) is 17.9. The summed E-state index contributed by atoms with van der Waals surface area (Å²) in [6, 6.07) is 14.9. The van der Waals surface area contributed by atoms with Crippen molar-refractivity contribution >= 4 is 5.91 Å². The van der Waals surface area contributed by atoms with Crippen LogP contribution in [-0.4, -0.2) is 62.7 Å². The van der Waals surface area contributed by atoms with Gasteiger partial charge in [0.25, 0.3) is 5.91 Å². The molecule has 0 atom stereocenters. The van der Waals surface area contributed by atoms with Crippen LogP contribution in [0.1, 0.15) is 30.1 Å². The summed E-state index contributed by atoms with van der Waals surface area (Å²) in [6.45, 7) is 5.65. The second kappa shape index (κ2) is 10.0. The smallest absolute Gasteiger partial charge is 0.253 e. The highest BCUT2D eigenvalue weighted by Gasteiger charge is 2.40. The van der Waals surface area contributed by atoms with Crippen LogP contribution < -0.4 is 14.2 Å². The fourth-order valence-corrected chi connectivity index (χ4v) is 3.88. The summed E-state index contributed by atoms with van der Waals surface area (Å²) < 4.78 is 28.7. The van der Waals surface area contributed by atoms with Crippen molar-refractivity contribution in [2.24, 2.45) is 0 Å². The second-order valence-electron chi connectivity index (χ2n) is 7.50. The van der Waals surface area contributed by atoms with Gasteiger partial charge in [-0.15, -0.1) is 0 Å². The molecule has 0 aromatic heterocycles. The third-order valence-electron chi connectivity index (χ3n) is 5.47. The van der Waals surface area contributed by atoms with Crippen molar-refractivity contribution in [1.29, 1.82) is 0 Å². The predicted octanol–water partition coefficient (Wildman–Crippen LogP) is 3.52. The Labute approximate surface area is 182 Å². The van der Waals surface area contributed by atoms with E-state index < -0.39 is 5.79 Å². The highest BCUT2D eigenvalue weighted by atomic mass is 16.7. The molecule has 0 N–H and O–H groups in total. The Hall–Kier alpha value is -2.77. The minimum atomic E-state index is -0.493. The lowest BCUT2D eigenvalue weighted by Crippen LogP contribution is -2.47. The van der Waals surface area contributed by atoms with Crippen LogP contribution in [0.4, 0.5) is 0 Å². The maximum absolute atomic E-state index is 13.0. The van der Waals surface area contributed by atoms with E-state index in [1.807, 2.05) is 42.2 Å². The normalized spacial score (nSPS) is 17.5. The van der Waals surface area contributed by atoms with Crippen LogP contribution in [0.2, 0.25) is 0 Å². The highest BCUT2D eigenvalue weighted by Crippen LogP contribution is 2.33. The van der Waals surface area contributed by atoms with E-state index in [4.69, 9.17) is 23.7 Å². The van der Waals surface area contributed by atoms with Gasteiger partial charge in [0.2, 0.25) is 0 Å². The molecule has 2 heterocycles. The van der Waals surface area contributed by atoms with Crippen LogP contribution in [0.15, 0.2) is 48.5 Å². The summed E-state index contributed by atoms with van der Waals surface area (Å²) in [7, 11) is 0. The zero-order valence-electron chi connectivity index (χ0n) is 17.9. The molecular formula is C24H29NO6. The number of rotatable bonds is 8. The van der Waals surface area contributed by atoms with Gasteiger partial charge < -0.3 is 28.6 Å². The van der Waals surface area contributed by atoms with E-state index in [0.29, 0.717) is 76.0 Å². The van der Waals surface area contributed by atoms with Crippen molar-refractivity contribution in [2.45, 2.75) is 25.6 Å². The molecule has 31 heavy (non-hydrogen) atoms. The third kappa shape index (κ3) is 5.29. The SMILES string of the molecule is CCOc1cc(C(=O)N2CCC3(CC2)OCCO3)ccc1OCCOc1ccccc1. The molecule has 0 aliphatic carbocycles. The molecule has 1 amide bonds. The van der Waals surface area contributed by atoms with E-state index in [0.717, 1.165) is 5.75 Å². The van der Waals surface area contributed by atoms with E-state index in [-0.39, 0.29) is 5.91 Å². The standard InChI is InChI=1S/C24H29NO6/c1-2-27-22-18-19(23(26)25-12-10-24(11-13-25)30-16-17-31-24)8-9-21(22)29-15-14-28-20-6-4-3-5-7-20/h3-9,18H,2,10-17H2,1H3. The maximum atomic E-state index is 13.0. The van der Waals surface area contributed by atoms with Crippen LogP contribution in [0, 0.1) is 0 Å². The van der Waals surface area contributed by atoms with Gasteiger partial charge in [-0.2, -0.15) is 0 Å². The maximum Gasteiger partial charge on any atom is 0.253 e. The molecular weight excluding hydrogens is 398 g/mol. The lowest BCUT2D eigenvalue weighted by Gasteiger charge is -2.37. The van der Waals surface area contributed by atoms with Crippen LogP contribution in [0.25, 0.3) is 0 Å². The van der Waals surface area contributed by atoms with Crippen LogP contribution in [0.5, 0.6) is 17.2 Å². The summed E-state index contributed by atoms with van der Waals surface area (Å²) >= 11 is 0. The average Bonchev–Trinajstić information content (AvgIpc) is 3.26. The quantitative estimate of drug-likeness (QED) is 0.601. The molecule has 2 aliphatic rings. The minimum absolute atomic E-state index is 0.0206. The van der Waals surface area contributed by atoms with Crippen molar-refractivity contribution in [3.05, 3.63) is 54.1 Å². The second-order valence-corrected chi connectivity index (χ2v) is 7.50. The molecule has 0 radical (unpaired) electrons. The summed E-state index contributed by atoms with van der Waals surface area (Å²) in [5.41, 5.74) is 0.584. The molecule has 7 heteroatoms. The first kappa shape index (κ1) is 21.5. The van der Waals surface area contributed by atoms with Gasteiger partial charge in [-0.05, 0) is 37.3 Å². The Bertz CT molecular complexity index is 856. The van der Waals surface area contributed by atoms with Gasteiger partial charge >= 0.3 is 0 Å². The molecule has 166 valence electrons. The number of nitrogens with zero attached hydrogens (tertiary/aromatic N) is 1. The number of piperidine rings is 1.